The lowest BCUT2D eigenvalue weighted by Crippen LogP contribution is -2.43. The fourth-order valence-electron chi connectivity index (χ4n) is 1.80. The highest BCUT2D eigenvalue weighted by molar-refractivity contribution is 5.80. The smallest absolute Gasteiger partial charge is 0.307 e. The topological polar surface area (TPSA) is 90.5 Å². The van der Waals surface area contributed by atoms with E-state index in [2.05, 4.69) is 5.10 Å². The Bertz CT molecular complexity index is 452. The van der Waals surface area contributed by atoms with E-state index in [1.54, 1.807) is 11.8 Å². The summed E-state index contributed by atoms with van der Waals surface area (Å²) < 4.78 is 6.48. The predicted octanol–water partition coefficient (Wildman–Crippen LogP) is 0.211. The van der Waals surface area contributed by atoms with Crippen LogP contribution >= 0.6 is 0 Å². The molecule has 0 aliphatic carbocycles. The van der Waals surface area contributed by atoms with Gasteiger partial charge in [0.1, 0.15) is 18.4 Å². The third-order valence-corrected chi connectivity index (χ3v) is 2.88. The molecule has 1 amide bonds. The van der Waals surface area contributed by atoms with Gasteiger partial charge in [-0.25, -0.2) is 0 Å². The second-order valence-corrected chi connectivity index (χ2v) is 4.05. The van der Waals surface area contributed by atoms with E-state index >= 15 is 0 Å². The van der Waals surface area contributed by atoms with E-state index in [0.717, 1.165) is 6.20 Å². The first-order valence-electron chi connectivity index (χ1n) is 5.64. The van der Waals surface area contributed by atoms with Crippen LogP contribution in [0, 0.1) is 10.1 Å². The number of ether oxygens (including phenoxy) is 1. The minimum absolute atomic E-state index is 0.101. The van der Waals surface area contributed by atoms with Crippen molar-refractivity contribution in [1.82, 2.24) is 14.7 Å². The summed E-state index contributed by atoms with van der Waals surface area (Å²) in [6.07, 6.45) is 2.41. The first-order chi connectivity index (χ1) is 8.59. The Hall–Kier alpha value is -1.96. The van der Waals surface area contributed by atoms with E-state index in [4.69, 9.17) is 4.74 Å². The van der Waals surface area contributed by atoms with Crippen molar-refractivity contribution in [2.24, 2.45) is 0 Å². The van der Waals surface area contributed by atoms with E-state index < -0.39 is 11.0 Å². The number of hydrogen-bond acceptors (Lipinski definition) is 5. The molecule has 0 bridgehead atoms. The van der Waals surface area contributed by atoms with Gasteiger partial charge in [-0.3, -0.25) is 19.6 Å². The van der Waals surface area contributed by atoms with Crippen molar-refractivity contribution in [2.45, 2.75) is 13.0 Å². The minimum Gasteiger partial charge on any atom is -0.378 e. The highest BCUT2D eigenvalue weighted by Gasteiger charge is 2.25. The number of nitrogens with zero attached hydrogens (tertiary/aromatic N) is 4. The van der Waals surface area contributed by atoms with Crippen LogP contribution in [0.5, 0.6) is 0 Å². The molecule has 1 atom stereocenters. The van der Waals surface area contributed by atoms with Crippen LogP contribution in [-0.4, -0.2) is 51.8 Å². The summed E-state index contributed by atoms with van der Waals surface area (Å²) >= 11 is 0. The van der Waals surface area contributed by atoms with Crippen LogP contribution in [-0.2, 0) is 9.53 Å². The molecule has 98 valence electrons. The predicted molar refractivity (Wildman–Crippen MR) is 61.0 cm³/mol. The zero-order chi connectivity index (χ0) is 13.1. The van der Waals surface area contributed by atoms with Crippen molar-refractivity contribution in [2.75, 3.05) is 26.3 Å². The van der Waals surface area contributed by atoms with Gasteiger partial charge in [-0.2, -0.15) is 5.10 Å². The van der Waals surface area contributed by atoms with E-state index in [-0.39, 0.29) is 11.6 Å². The number of rotatable bonds is 3. The lowest BCUT2D eigenvalue weighted by molar-refractivity contribution is -0.385. The summed E-state index contributed by atoms with van der Waals surface area (Å²) in [5, 5.41) is 14.4. The van der Waals surface area contributed by atoms with Gasteiger partial charge in [0.2, 0.25) is 5.91 Å². The number of amides is 1. The standard InChI is InChI=1S/C10H14N4O4/c1-8(10(15)12-2-4-18-5-3-12)13-7-9(6-11-13)14(16)17/h6-8H,2-5H2,1H3/t8-/m0/s1. The fraction of sp³-hybridized carbons (Fsp3) is 0.600. The second-order valence-electron chi connectivity index (χ2n) is 4.05. The van der Waals surface area contributed by atoms with Gasteiger partial charge in [0.25, 0.3) is 0 Å². The van der Waals surface area contributed by atoms with Gasteiger partial charge < -0.3 is 9.64 Å². The first-order valence-corrected chi connectivity index (χ1v) is 5.64. The average Bonchev–Trinajstić information content (AvgIpc) is 2.88. The molecule has 1 aromatic heterocycles. The Kier molecular flexibility index (Phi) is 3.56. The maximum absolute atomic E-state index is 12.1. The largest absolute Gasteiger partial charge is 0.378 e. The summed E-state index contributed by atoms with van der Waals surface area (Å²) in [7, 11) is 0. The quantitative estimate of drug-likeness (QED) is 0.568. The van der Waals surface area contributed by atoms with Gasteiger partial charge in [-0.05, 0) is 6.92 Å². The van der Waals surface area contributed by atoms with Gasteiger partial charge in [0.05, 0.1) is 18.1 Å². The molecule has 0 radical (unpaired) electrons. The van der Waals surface area contributed by atoms with Crippen LogP contribution in [0.15, 0.2) is 12.4 Å². The molecule has 2 rings (SSSR count). The van der Waals surface area contributed by atoms with Crippen molar-refractivity contribution >= 4 is 11.6 Å². The molecule has 0 spiro atoms. The van der Waals surface area contributed by atoms with Crippen LogP contribution < -0.4 is 0 Å². The molecule has 0 N–H and O–H groups in total. The van der Waals surface area contributed by atoms with Gasteiger partial charge in [0.15, 0.2) is 0 Å². The Morgan fingerprint density at radius 1 is 1.56 bits per heavy atom. The highest BCUT2D eigenvalue weighted by Crippen LogP contribution is 2.15. The third kappa shape index (κ3) is 2.48. The van der Waals surface area contributed by atoms with Gasteiger partial charge in [0, 0.05) is 13.1 Å². The zero-order valence-corrected chi connectivity index (χ0v) is 9.98. The minimum atomic E-state index is -0.545. The number of carbonyl (C=O) groups is 1. The van der Waals surface area contributed by atoms with Gasteiger partial charge >= 0.3 is 5.69 Å². The maximum atomic E-state index is 12.1. The van der Waals surface area contributed by atoms with Crippen molar-refractivity contribution in [3.05, 3.63) is 22.5 Å². The summed E-state index contributed by atoms with van der Waals surface area (Å²) in [4.78, 5) is 23.8. The Morgan fingerprint density at radius 2 is 2.22 bits per heavy atom. The third-order valence-electron chi connectivity index (χ3n) is 2.88. The van der Waals surface area contributed by atoms with Crippen LogP contribution in [0.4, 0.5) is 5.69 Å². The highest BCUT2D eigenvalue weighted by atomic mass is 16.6. The molecule has 1 aliphatic rings. The van der Waals surface area contributed by atoms with Crippen molar-refractivity contribution < 1.29 is 14.5 Å². The lowest BCUT2D eigenvalue weighted by atomic mass is 10.2. The van der Waals surface area contributed by atoms with Crippen LogP contribution in [0.1, 0.15) is 13.0 Å². The zero-order valence-electron chi connectivity index (χ0n) is 9.98. The molecule has 8 heteroatoms. The molecule has 1 saturated heterocycles. The summed E-state index contributed by atoms with van der Waals surface area (Å²) in [5.74, 6) is -0.101. The molecular formula is C10H14N4O4. The molecule has 0 unspecified atom stereocenters. The maximum Gasteiger partial charge on any atom is 0.307 e. The lowest BCUT2D eigenvalue weighted by Gasteiger charge is -2.29. The van der Waals surface area contributed by atoms with E-state index in [0.29, 0.717) is 26.3 Å². The van der Waals surface area contributed by atoms with E-state index in [1.807, 2.05) is 0 Å². The summed E-state index contributed by atoms with van der Waals surface area (Å²) in [6, 6.07) is -0.545. The number of hydrogen-bond donors (Lipinski definition) is 0. The molecule has 1 aliphatic heterocycles. The number of carbonyl (C=O) groups excluding carboxylic acids is 1. The Balaban J connectivity index is 2.06. The van der Waals surface area contributed by atoms with Crippen LogP contribution in [0.25, 0.3) is 0 Å². The van der Waals surface area contributed by atoms with Crippen molar-refractivity contribution in [1.29, 1.82) is 0 Å². The average molecular weight is 254 g/mol. The van der Waals surface area contributed by atoms with Gasteiger partial charge in [-0.15, -0.1) is 0 Å². The summed E-state index contributed by atoms with van der Waals surface area (Å²) in [6.45, 7) is 3.82. The second kappa shape index (κ2) is 5.13. The Morgan fingerprint density at radius 3 is 2.78 bits per heavy atom. The van der Waals surface area contributed by atoms with E-state index in [1.165, 1.54) is 10.9 Å². The summed E-state index contributed by atoms with van der Waals surface area (Å²) in [5.41, 5.74) is -0.114. The molecule has 8 nitrogen and oxygen atoms in total. The molecule has 0 saturated carbocycles. The molecule has 0 aromatic carbocycles. The van der Waals surface area contributed by atoms with Crippen LogP contribution in [0.3, 0.4) is 0 Å². The van der Waals surface area contributed by atoms with Crippen molar-refractivity contribution in [3.63, 3.8) is 0 Å². The molecular weight excluding hydrogens is 240 g/mol. The Labute approximate surface area is 103 Å². The monoisotopic (exact) mass is 254 g/mol. The number of nitro groups is 1. The van der Waals surface area contributed by atoms with E-state index in [9.17, 15) is 14.9 Å². The molecule has 2 heterocycles. The first kappa shape index (κ1) is 12.5. The molecule has 1 fully saturated rings. The number of aromatic nitrogens is 2. The molecule has 1 aromatic rings. The SMILES string of the molecule is C[C@@H](C(=O)N1CCOCC1)n1cc([N+](=O)[O-])cn1. The van der Waals surface area contributed by atoms with Crippen molar-refractivity contribution in [3.8, 4) is 0 Å². The molecule has 18 heavy (non-hydrogen) atoms. The number of morpholine rings is 1. The normalized spacial score (nSPS) is 17.5. The van der Waals surface area contributed by atoms with Crippen LogP contribution in [0.2, 0.25) is 0 Å². The van der Waals surface area contributed by atoms with Gasteiger partial charge in [-0.1, -0.05) is 0 Å². The fourth-order valence-corrected chi connectivity index (χ4v) is 1.80.